The Labute approximate surface area is 121 Å². The van der Waals surface area contributed by atoms with Crippen LogP contribution in [0.2, 0.25) is 0 Å². The molecule has 21 heavy (non-hydrogen) atoms. The lowest BCUT2D eigenvalue weighted by atomic mass is 9.95. The summed E-state index contributed by atoms with van der Waals surface area (Å²) >= 11 is 0. The van der Waals surface area contributed by atoms with Gasteiger partial charge in [-0.1, -0.05) is 6.07 Å². The second-order valence-electron chi connectivity index (χ2n) is 4.71. The van der Waals surface area contributed by atoms with Gasteiger partial charge in [-0.15, -0.1) is 0 Å². The molecular weight excluding hydrogens is 272 g/mol. The summed E-state index contributed by atoms with van der Waals surface area (Å²) in [6.07, 6.45) is 0. The van der Waals surface area contributed by atoms with Crippen LogP contribution in [0.3, 0.4) is 0 Å². The highest BCUT2D eigenvalue weighted by Gasteiger charge is 2.19. The molecular formula is C16H14O5. The van der Waals surface area contributed by atoms with E-state index >= 15 is 0 Å². The lowest BCUT2D eigenvalue weighted by Gasteiger charge is -2.10. The number of phenols is 2. The number of benzene rings is 2. The van der Waals surface area contributed by atoms with E-state index in [9.17, 15) is 19.8 Å². The fraction of sp³-hybridized carbons (Fsp3) is 0.125. The lowest BCUT2D eigenvalue weighted by Crippen LogP contribution is -2.09. The molecule has 108 valence electrons. The van der Waals surface area contributed by atoms with E-state index in [-0.39, 0.29) is 17.1 Å². The first-order valence-corrected chi connectivity index (χ1v) is 6.29. The molecule has 0 aliphatic carbocycles. The third-order valence-electron chi connectivity index (χ3n) is 3.27. The van der Waals surface area contributed by atoms with Crippen molar-refractivity contribution in [1.29, 1.82) is 0 Å². The van der Waals surface area contributed by atoms with Gasteiger partial charge in [0.1, 0.15) is 11.5 Å². The fourth-order valence-electron chi connectivity index (χ4n) is 1.92. The molecule has 0 saturated heterocycles. The summed E-state index contributed by atoms with van der Waals surface area (Å²) in [6, 6.07) is 9.77. The van der Waals surface area contributed by atoms with Crippen molar-refractivity contribution in [3.8, 4) is 11.5 Å². The molecule has 1 atom stereocenters. The summed E-state index contributed by atoms with van der Waals surface area (Å²) in [4.78, 5) is 23.3. The van der Waals surface area contributed by atoms with Gasteiger partial charge < -0.3 is 15.3 Å². The molecule has 2 aromatic carbocycles. The third-order valence-corrected chi connectivity index (χ3v) is 3.27. The first kappa shape index (κ1) is 14.6. The van der Waals surface area contributed by atoms with Gasteiger partial charge in [-0.3, -0.25) is 9.59 Å². The molecule has 1 unspecified atom stereocenters. The molecule has 0 heterocycles. The average molecular weight is 286 g/mol. The molecule has 5 heteroatoms. The summed E-state index contributed by atoms with van der Waals surface area (Å²) in [6.45, 7) is 1.50. The SMILES string of the molecule is CC(C(=O)O)c1ccc(O)c(C(=O)c2ccc(O)cc2)c1. The smallest absolute Gasteiger partial charge is 0.310 e. The zero-order valence-electron chi connectivity index (χ0n) is 11.3. The average Bonchev–Trinajstić information content (AvgIpc) is 2.47. The summed E-state index contributed by atoms with van der Waals surface area (Å²) < 4.78 is 0. The minimum absolute atomic E-state index is 0.0315. The van der Waals surface area contributed by atoms with E-state index in [0.717, 1.165) is 0 Å². The molecule has 0 aliphatic rings. The standard InChI is InChI=1S/C16H14O5/c1-9(16(20)21)11-4-7-14(18)13(8-11)15(19)10-2-5-12(17)6-3-10/h2-9,17-18H,1H3,(H,20,21). The van der Waals surface area contributed by atoms with Gasteiger partial charge >= 0.3 is 5.97 Å². The Bertz CT molecular complexity index is 688. The van der Waals surface area contributed by atoms with Crippen molar-refractivity contribution in [2.75, 3.05) is 0 Å². The third kappa shape index (κ3) is 3.02. The predicted octanol–water partition coefficient (Wildman–Crippen LogP) is 2.52. The number of carboxylic acids is 1. The molecule has 0 aliphatic heterocycles. The summed E-state index contributed by atoms with van der Waals surface area (Å²) in [5.41, 5.74) is 0.761. The Morgan fingerprint density at radius 3 is 2.19 bits per heavy atom. The topological polar surface area (TPSA) is 94.8 Å². The number of aliphatic carboxylic acids is 1. The molecule has 0 aromatic heterocycles. The first-order chi connectivity index (χ1) is 9.90. The second kappa shape index (κ2) is 5.66. The van der Waals surface area contributed by atoms with Gasteiger partial charge in [0.2, 0.25) is 0 Å². The number of aromatic hydroxyl groups is 2. The molecule has 2 rings (SSSR count). The number of rotatable bonds is 4. The van der Waals surface area contributed by atoms with Crippen LogP contribution in [0, 0.1) is 0 Å². The van der Waals surface area contributed by atoms with Crippen LogP contribution in [0.4, 0.5) is 0 Å². The molecule has 0 radical (unpaired) electrons. The number of hydrogen-bond donors (Lipinski definition) is 3. The van der Waals surface area contributed by atoms with Gasteiger partial charge in [0, 0.05) is 5.56 Å². The van der Waals surface area contributed by atoms with Crippen LogP contribution in [0.15, 0.2) is 42.5 Å². The maximum absolute atomic E-state index is 12.3. The Morgan fingerprint density at radius 1 is 1.00 bits per heavy atom. The molecule has 3 N–H and O–H groups in total. The molecule has 0 amide bonds. The minimum Gasteiger partial charge on any atom is -0.508 e. The monoisotopic (exact) mass is 286 g/mol. The van der Waals surface area contributed by atoms with E-state index in [4.69, 9.17) is 5.11 Å². The quantitative estimate of drug-likeness (QED) is 0.751. The minimum atomic E-state index is -1.01. The normalized spacial score (nSPS) is 11.9. The zero-order chi connectivity index (χ0) is 15.6. The zero-order valence-corrected chi connectivity index (χ0v) is 11.3. The maximum atomic E-state index is 12.3. The van der Waals surface area contributed by atoms with Crippen LogP contribution >= 0.6 is 0 Å². The van der Waals surface area contributed by atoms with Crippen LogP contribution in [-0.2, 0) is 4.79 Å². The van der Waals surface area contributed by atoms with Gasteiger partial charge in [0.05, 0.1) is 11.5 Å². The van der Waals surface area contributed by atoms with E-state index in [1.165, 1.54) is 49.4 Å². The van der Waals surface area contributed by atoms with E-state index in [1.807, 2.05) is 0 Å². The fourth-order valence-corrected chi connectivity index (χ4v) is 1.92. The van der Waals surface area contributed by atoms with Crippen molar-refractivity contribution < 1.29 is 24.9 Å². The Balaban J connectivity index is 2.43. The van der Waals surface area contributed by atoms with Crippen molar-refractivity contribution in [2.24, 2.45) is 0 Å². The largest absolute Gasteiger partial charge is 0.508 e. The van der Waals surface area contributed by atoms with Crippen molar-refractivity contribution in [3.05, 3.63) is 59.2 Å². The van der Waals surface area contributed by atoms with Crippen molar-refractivity contribution in [3.63, 3.8) is 0 Å². The molecule has 5 nitrogen and oxygen atoms in total. The van der Waals surface area contributed by atoms with E-state index in [2.05, 4.69) is 0 Å². The summed E-state index contributed by atoms with van der Waals surface area (Å²) in [7, 11) is 0. The summed E-state index contributed by atoms with van der Waals surface area (Å²) in [5.74, 6) is -2.41. The number of carbonyl (C=O) groups excluding carboxylic acids is 1. The summed E-state index contributed by atoms with van der Waals surface area (Å²) in [5, 5.41) is 28.0. The highest BCUT2D eigenvalue weighted by atomic mass is 16.4. The van der Waals surface area contributed by atoms with Crippen LogP contribution in [0.25, 0.3) is 0 Å². The second-order valence-corrected chi connectivity index (χ2v) is 4.71. The maximum Gasteiger partial charge on any atom is 0.310 e. The molecule has 0 saturated carbocycles. The molecule has 0 fully saturated rings. The van der Waals surface area contributed by atoms with Crippen molar-refractivity contribution >= 4 is 11.8 Å². The van der Waals surface area contributed by atoms with Gasteiger partial charge in [0.25, 0.3) is 0 Å². The molecule has 0 bridgehead atoms. The Morgan fingerprint density at radius 2 is 1.62 bits per heavy atom. The van der Waals surface area contributed by atoms with Gasteiger partial charge in [-0.25, -0.2) is 0 Å². The number of hydrogen-bond acceptors (Lipinski definition) is 4. The molecule has 2 aromatic rings. The van der Waals surface area contributed by atoms with Gasteiger partial charge in [-0.2, -0.15) is 0 Å². The number of phenolic OH excluding ortho intramolecular Hbond substituents is 2. The van der Waals surface area contributed by atoms with E-state index in [0.29, 0.717) is 11.1 Å². The van der Waals surface area contributed by atoms with Gasteiger partial charge in [0.15, 0.2) is 5.78 Å². The number of ketones is 1. The first-order valence-electron chi connectivity index (χ1n) is 6.29. The molecule has 0 spiro atoms. The van der Waals surface area contributed by atoms with Gasteiger partial charge in [-0.05, 0) is 48.9 Å². The van der Waals surface area contributed by atoms with Crippen molar-refractivity contribution in [1.82, 2.24) is 0 Å². The highest BCUT2D eigenvalue weighted by molar-refractivity contribution is 6.10. The van der Waals surface area contributed by atoms with E-state index < -0.39 is 17.7 Å². The number of carboxylic acid groups (broad SMARTS) is 1. The van der Waals surface area contributed by atoms with Crippen LogP contribution < -0.4 is 0 Å². The van der Waals surface area contributed by atoms with E-state index in [1.54, 1.807) is 0 Å². The van der Waals surface area contributed by atoms with Crippen LogP contribution in [0.1, 0.15) is 34.3 Å². The Kier molecular flexibility index (Phi) is 3.93. The highest BCUT2D eigenvalue weighted by Crippen LogP contribution is 2.26. The Hall–Kier alpha value is -2.82. The predicted molar refractivity (Wildman–Crippen MR) is 75.7 cm³/mol. The number of carbonyl (C=O) groups is 2. The van der Waals surface area contributed by atoms with Crippen LogP contribution in [0.5, 0.6) is 11.5 Å². The lowest BCUT2D eigenvalue weighted by molar-refractivity contribution is -0.138. The van der Waals surface area contributed by atoms with Crippen LogP contribution in [-0.4, -0.2) is 27.1 Å². The van der Waals surface area contributed by atoms with Crippen molar-refractivity contribution in [2.45, 2.75) is 12.8 Å².